The molecule has 30 heavy (non-hydrogen) atoms. The van der Waals surface area contributed by atoms with E-state index < -0.39 is 17.4 Å². The van der Waals surface area contributed by atoms with E-state index in [2.05, 4.69) is 5.32 Å². The zero-order valence-corrected chi connectivity index (χ0v) is 17.7. The lowest BCUT2D eigenvalue weighted by atomic mass is 9.75. The quantitative estimate of drug-likeness (QED) is 0.569. The fourth-order valence-electron chi connectivity index (χ4n) is 3.51. The number of hydrogen-bond acceptors (Lipinski definition) is 3. The minimum Gasteiger partial charge on any atom is -0.467 e. The first kappa shape index (κ1) is 21.6. The Morgan fingerprint density at radius 1 is 0.933 bits per heavy atom. The first-order chi connectivity index (χ1) is 14.4. The van der Waals surface area contributed by atoms with Crippen LogP contribution in [0.4, 0.5) is 0 Å². The van der Waals surface area contributed by atoms with Crippen LogP contribution in [0.15, 0.2) is 84.9 Å². The van der Waals surface area contributed by atoms with Gasteiger partial charge in [0.1, 0.15) is 6.04 Å². The normalized spacial score (nSPS) is 12.1. The summed E-state index contributed by atoms with van der Waals surface area (Å²) in [6.45, 7) is 1.86. The fourth-order valence-corrected chi connectivity index (χ4v) is 3.72. The number of nitrogens with one attached hydrogen (secondary N) is 1. The van der Waals surface area contributed by atoms with Crippen LogP contribution >= 0.6 is 11.6 Å². The van der Waals surface area contributed by atoms with E-state index in [0.717, 1.165) is 16.7 Å². The van der Waals surface area contributed by atoms with E-state index in [-0.39, 0.29) is 12.3 Å². The Bertz CT molecular complexity index is 966. The first-order valence-corrected chi connectivity index (χ1v) is 10.1. The third-order valence-electron chi connectivity index (χ3n) is 5.28. The van der Waals surface area contributed by atoms with Gasteiger partial charge < -0.3 is 10.1 Å². The highest BCUT2D eigenvalue weighted by molar-refractivity contribution is 6.30. The van der Waals surface area contributed by atoms with Crippen LogP contribution in [-0.2, 0) is 26.2 Å². The van der Waals surface area contributed by atoms with Crippen molar-refractivity contribution in [3.8, 4) is 0 Å². The lowest BCUT2D eigenvalue weighted by Crippen LogP contribution is -2.51. The molecule has 0 aliphatic heterocycles. The number of rotatable bonds is 7. The predicted octanol–water partition coefficient (Wildman–Crippen LogP) is 4.55. The second-order valence-corrected chi connectivity index (χ2v) is 7.68. The zero-order chi connectivity index (χ0) is 21.6. The maximum atomic E-state index is 13.6. The highest BCUT2D eigenvalue weighted by atomic mass is 35.5. The van der Waals surface area contributed by atoms with Crippen molar-refractivity contribution in [3.05, 3.63) is 107 Å². The molecule has 3 aromatic rings. The number of carbonyl (C=O) groups excluding carboxylic acids is 2. The SMILES string of the molecule is COC(=O)[C@H](Cc1cccc(Cl)c1)NC(=O)C(C)(c1ccccc1)c1ccccc1. The topological polar surface area (TPSA) is 55.4 Å². The van der Waals surface area contributed by atoms with Crippen LogP contribution in [0.2, 0.25) is 5.02 Å². The Morgan fingerprint density at radius 3 is 2.00 bits per heavy atom. The Kier molecular flexibility index (Phi) is 6.91. The summed E-state index contributed by atoms with van der Waals surface area (Å²) in [6, 6.07) is 25.4. The summed E-state index contributed by atoms with van der Waals surface area (Å²) in [5.41, 5.74) is 1.52. The van der Waals surface area contributed by atoms with Gasteiger partial charge in [-0.2, -0.15) is 0 Å². The third kappa shape index (κ3) is 4.71. The Balaban J connectivity index is 1.95. The van der Waals surface area contributed by atoms with Crippen LogP contribution in [0.5, 0.6) is 0 Å². The van der Waals surface area contributed by atoms with Gasteiger partial charge in [0.25, 0.3) is 0 Å². The summed E-state index contributed by atoms with van der Waals surface area (Å²) in [5, 5.41) is 3.49. The summed E-state index contributed by atoms with van der Waals surface area (Å²) >= 11 is 6.08. The highest BCUT2D eigenvalue weighted by Crippen LogP contribution is 2.32. The first-order valence-electron chi connectivity index (χ1n) is 9.69. The molecule has 154 valence electrons. The largest absolute Gasteiger partial charge is 0.467 e. The van der Waals surface area contributed by atoms with Crippen LogP contribution < -0.4 is 5.32 Å². The second-order valence-electron chi connectivity index (χ2n) is 7.24. The molecular formula is C25H24ClNO3. The fraction of sp³-hybridized carbons (Fsp3) is 0.200. The van der Waals surface area contributed by atoms with Crippen molar-refractivity contribution in [1.29, 1.82) is 0 Å². The molecule has 0 heterocycles. The van der Waals surface area contributed by atoms with Crippen molar-refractivity contribution in [3.63, 3.8) is 0 Å². The predicted molar refractivity (Wildman–Crippen MR) is 118 cm³/mol. The van der Waals surface area contributed by atoms with E-state index in [1.165, 1.54) is 7.11 Å². The summed E-state index contributed by atoms with van der Waals surface area (Å²) in [7, 11) is 1.31. The minimum absolute atomic E-state index is 0.276. The van der Waals surface area contributed by atoms with Gasteiger partial charge in [-0.05, 0) is 35.7 Å². The molecule has 0 saturated heterocycles. The number of esters is 1. The summed E-state index contributed by atoms with van der Waals surface area (Å²) < 4.78 is 4.95. The Labute approximate surface area is 181 Å². The number of halogens is 1. The summed E-state index contributed by atoms with van der Waals surface area (Å²) in [5.74, 6) is -0.788. The maximum Gasteiger partial charge on any atom is 0.328 e. The highest BCUT2D eigenvalue weighted by Gasteiger charge is 2.39. The van der Waals surface area contributed by atoms with Crippen molar-refractivity contribution < 1.29 is 14.3 Å². The molecule has 0 bridgehead atoms. The monoisotopic (exact) mass is 421 g/mol. The van der Waals surface area contributed by atoms with E-state index >= 15 is 0 Å². The van der Waals surface area contributed by atoms with Gasteiger partial charge in [0.2, 0.25) is 5.91 Å². The second kappa shape index (κ2) is 9.59. The number of benzene rings is 3. The third-order valence-corrected chi connectivity index (χ3v) is 5.51. The van der Waals surface area contributed by atoms with E-state index in [4.69, 9.17) is 16.3 Å². The molecule has 0 saturated carbocycles. The smallest absolute Gasteiger partial charge is 0.328 e. The number of ether oxygens (including phenoxy) is 1. The molecule has 4 nitrogen and oxygen atoms in total. The van der Waals surface area contributed by atoms with Gasteiger partial charge in [0, 0.05) is 11.4 Å². The van der Waals surface area contributed by atoms with E-state index in [9.17, 15) is 9.59 Å². The number of amides is 1. The van der Waals surface area contributed by atoms with Gasteiger partial charge in [0.15, 0.2) is 0 Å². The molecule has 1 atom stereocenters. The molecule has 1 N–H and O–H groups in total. The molecule has 0 radical (unpaired) electrons. The minimum atomic E-state index is -0.983. The molecule has 0 aliphatic carbocycles. The standard InChI is InChI=1S/C25H24ClNO3/c1-25(19-11-5-3-6-12-19,20-13-7-4-8-14-20)24(29)27-22(23(28)30-2)17-18-10-9-15-21(26)16-18/h3-16,22H,17H2,1-2H3,(H,27,29)/t22-/m0/s1. The number of hydrogen-bond donors (Lipinski definition) is 1. The Morgan fingerprint density at radius 2 is 1.50 bits per heavy atom. The van der Waals surface area contributed by atoms with Gasteiger partial charge in [-0.25, -0.2) is 4.79 Å². The number of methoxy groups -OCH3 is 1. The van der Waals surface area contributed by atoms with E-state index in [1.807, 2.05) is 79.7 Å². The number of carbonyl (C=O) groups is 2. The van der Waals surface area contributed by atoms with Crippen molar-refractivity contribution in [1.82, 2.24) is 5.32 Å². The molecule has 5 heteroatoms. The van der Waals surface area contributed by atoms with Gasteiger partial charge in [0.05, 0.1) is 12.5 Å². The maximum absolute atomic E-state index is 13.6. The molecule has 0 spiro atoms. The van der Waals surface area contributed by atoms with Crippen LogP contribution in [0.3, 0.4) is 0 Å². The van der Waals surface area contributed by atoms with Crippen molar-refractivity contribution in [2.75, 3.05) is 7.11 Å². The van der Waals surface area contributed by atoms with Crippen LogP contribution in [-0.4, -0.2) is 25.0 Å². The molecule has 0 fully saturated rings. The van der Waals surface area contributed by atoms with Gasteiger partial charge in [-0.1, -0.05) is 84.4 Å². The van der Waals surface area contributed by atoms with Crippen LogP contribution in [0.1, 0.15) is 23.6 Å². The molecule has 1 amide bonds. The summed E-state index contributed by atoms with van der Waals surface area (Å²) in [6.07, 6.45) is 0.276. The van der Waals surface area contributed by atoms with Gasteiger partial charge in [-0.15, -0.1) is 0 Å². The Hall–Kier alpha value is -3.11. The molecule has 0 aromatic heterocycles. The van der Waals surface area contributed by atoms with Crippen molar-refractivity contribution in [2.24, 2.45) is 0 Å². The molecule has 0 aliphatic rings. The lowest BCUT2D eigenvalue weighted by Gasteiger charge is -2.31. The van der Waals surface area contributed by atoms with Crippen molar-refractivity contribution in [2.45, 2.75) is 24.8 Å². The van der Waals surface area contributed by atoms with E-state index in [1.54, 1.807) is 12.1 Å². The van der Waals surface area contributed by atoms with Crippen molar-refractivity contribution >= 4 is 23.5 Å². The zero-order valence-electron chi connectivity index (χ0n) is 17.0. The van der Waals surface area contributed by atoms with Gasteiger partial charge in [-0.3, -0.25) is 4.79 Å². The van der Waals surface area contributed by atoms with Crippen LogP contribution in [0.25, 0.3) is 0 Å². The molecule has 3 rings (SSSR count). The van der Waals surface area contributed by atoms with Gasteiger partial charge >= 0.3 is 5.97 Å². The average molecular weight is 422 g/mol. The summed E-state index contributed by atoms with van der Waals surface area (Å²) in [4.78, 5) is 26.1. The molecule has 3 aromatic carbocycles. The average Bonchev–Trinajstić information content (AvgIpc) is 2.78. The van der Waals surface area contributed by atoms with Crippen LogP contribution in [0, 0.1) is 0 Å². The van der Waals surface area contributed by atoms with E-state index in [0.29, 0.717) is 5.02 Å². The lowest BCUT2D eigenvalue weighted by molar-refractivity contribution is -0.145. The molecule has 0 unspecified atom stereocenters. The molecular weight excluding hydrogens is 398 g/mol.